The van der Waals surface area contributed by atoms with Crippen LogP contribution in [0.25, 0.3) is 0 Å². The molecule has 0 aromatic heterocycles. The maximum atomic E-state index is 12.2. The third-order valence-corrected chi connectivity index (χ3v) is 3.39. The van der Waals surface area contributed by atoms with Crippen LogP contribution in [0.3, 0.4) is 0 Å². The highest BCUT2D eigenvalue weighted by Gasteiger charge is 2.22. The van der Waals surface area contributed by atoms with Crippen LogP contribution in [-0.4, -0.2) is 50.2 Å². The van der Waals surface area contributed by atoms with E-state index in [0.29, 0.717) is 18.9 Å². The first-order chi connectivity index (χ1) is 8.78. The fraction of sp³-hybridized carbons (Fsp3) is 0.933. The number of hydrogen-bond donors (Lipinski definition) is 1. The van der Waals surface area contributed by atoms with Crippen LogP contribution in [0.15, 0.2) is 0 Å². The maximum absolute atomic E-state index is 12.2. The van der Waals surface area contributed by atoms with Crippen LogP contribution in [0.2, 0.25) is 0 Å². The van der Waals surface area contributed by atoms with Crippen LogP contribution in [0, 0.1) is 11.3 Å². The SMILES string of the molecule is CC(CC(=O)N(C)CC1CNCCO1)CC(C)(C)C. The predicted molar refractivity (Wildman–Crippen MR) is 78.1 cm³/mol. The molecule has 0 radical (unpaired) electrons. The Morgan fingerprint density at radius 1 is 1.47 bits per heavy atom. The first-order valence-corrected chi connectivity index (χ1v) is 7.34. The van der Waals surface area contributed by atoms with Gasteiger partial charge in [0.05, 0.1) is 12.7 Å². The van der Waals surface area contributed by atoms with Crippen molar-refractivity contribution in [2.75, 3.05) is 33.3 Å². The van der Waals surface area contributed by atoms with Crippen LogP contribution in [0.5, 0.6) is 0 Å². The Kier molecular flexibility index (Phi) is 6.27. The molecule has 2 atom stereocenters. The number of likely N-dealkylation sites (N-methyl/N-ethyl adjacent to an activating group) is 1. The van der Waals surface area contributed by atoms with Crippen LogP contribution >= 0.6 is 0 Å². The van der Waals surface area contributed by atoms with Gasteiger partial charge in [-0.25, -0.2) is 0 Å². The number of ether oxygens (including phenoxy) is 1. The van der Waals surface area contributed by atoms with Gasteiger partial charge in [-0.1, -0.05) is 27.7 Å². The second kappa shape index (κ2) is 7.25. The van der Waals surface area contributed by atoms with E-state index in [1.54, 1.807) is 0 Å². The fourth-order valence-corrected chi connectivity index (χ4v) is 2.72. The van der Waals surface area contributed by atoms with Gasteiger partial charge < -0.3 is 15.0 Å². The lowest BCUT2D eigenvalue weighted by Crippen LogP contribution is -2.45. The minimum atomic E-state index is 0.139. The van der Waals surface area contributed by atoms with E-state index in [-0.39, 0.29) is 17.4 Å². The van der Waals surface area contributed by atoms with E-state index < -0.39 is 0 Å². The predicted octanol–water partition coefficient (Wildman–Crippen LogP) is 1.90. The Morgan fingerprint density at radius 2 is 2.16 bits per heavy atom. The number of carbonyl (C=O) groups is 1. The van der Waals surface area contributed by atoms with Crippen LogP contribution in [-0.2, 0) is 9.53 Å². The number of hydrogen-bond acceptors (Lipinski definition) is 3. The summed E-state index contributed by atoms with van der Waals surface area (Å²) in [6.45, 7) is 12.0. The second-order valence-corrected chi connectivity index (χ2v) is 7.05. The Balaban J connectivity index is 2.31. The normalized spacial score (nSPS) is 22.1. The van der Waals surface area contributed by atoms with Crippen LogP contribution in [0.4, 0.5) is 0 Å². The highest BCUT2D eigenvalue weighted by molar-refractivity contribution is 5.76. The molecule has 0 spiro atoms. The summed E-state index contributed by atoms with van der Waals surface area (Å²) >= 11 is 0. The summed E-state index contributed by atoms with van der Waals surface area (Å²) in [5.41, 5.74) is 0.286. The van der Waals surface area contributed by atoms with Crippen molar-refractivity contribution in [3.05, 3.63) is 0 Å². The molecule has 4 nitrogen and oxygen atoms in total. The molecule has 1 N–H and O–H groups in total. The average Bonchev–Trinajstić information content (AvgIpc) is 2.27. The third-order valence-electron chi connectivity index (χ3n) is 3.39. The zero-order chi connectivity index (χ0) is 14.5. The molecule has 0 aliphatic carbocycles. The summed E-state index contributed by atoms with van der Waals surface area (Å²) in [7, 11) is 1.88. The third kappa shape index (κ3) is 6.92. The molecule has 112 valence electrons. The smallest absolute Gasteiger partial charge is 0.222 e. The quantitative estimate of drug-likeness (QED) is 0.829. The van der Waals surface area contributed by atoms with Gasteiger partial charge in [-0.3, -0.25) is 4.79 Å². The molecule has 0 aromatic rings. The Labute approximate surface area is 117 Å². The summed E-state index contributed by atoms with van der Waals surface area (Å²) in [5, 5.41) is 3.29. The van der Waals surface area contributed by atoms with Gasteiger partial charge in [0.15, 0.2) is 0 Å². The summed E-state index contributed by atoms with van der Waals surface area (Å²) in [6, 6.07) is 0. The Bertz CT molecular complexity index is 280. The topological polar surface area (TPSA) is 41.6 Å². The van der Waals surface area contributed by atoms with Crippen molar-refractivity contribution < 1.29 is 9.53 Å². The largest absolute Gasteiger partial charge is 0.374 e. The van der Waals surface area contributed by atoms with Crippen molar-refractivity contribution in [3.8, 4) is 0 Å². The highest BCUT2D eigenvalue weighted by Crippen LogP contribution is 2.26. The van der Waals surface area contributed by atoms with E-state index in [1.165, 1.54) is 0 Å². The molecular weight excluding hydrogens is 240 g/mol. The van der Waals surface area contributed by atoms with Gasteiger partial charge in [0, 0.05) is 33.1 Å². The molecule has 0 aromatic carbocycles. The molecule has 1 fully saturated rings. The molecular formula is C15H30N2O2. The van der Waals surface area contributed by atoms with Crippen molar-refractivity contribution in [3.63, 3.8) is 0 Å². The monoisotopic (exact) mass is 270 g/mol. The standard InChI is InChI=1S/C15H30N2O2/c1-12(9-15(2,3)4)8-14(18)17(5)11-13-10-16-6-7-19-13/h12-13,16H,6-11H2,1-5H3. The Hall–Kier alpha value is -0.610. The van der Waals surface area contributed by atoms with E-state index in [0.717, 1.165) is 26.1 Å². The van der Waals surface area contributed by atoms with Gasteiger partial charge in [0.1, 0.15) is 0 Å². The summed E-state index contributed by atoms with van der Waals surface area (Å²) in [5.74, 6) is 0.659. The van der Waals surface area contributed by atoms with Crippen LogP contribution in [0.1, 0.15) is 40.5 Å². The molecule has 1 aliphatic heterocycles. The molecule has 0 saturated carbocycles. The van der Waals surface area contributed by atoms with Gasteiger partial charge in [-0.05, 0) is 17.8 Å². The van der Waals surface area contributed by atoms with E-state index in [1.807, 2.05) is 11.9 Å². The average molecular weight is 270 g/mol. The van der Waals surface area contributed by atoms with Gasteiger partial charge in [-0.2, -0.15) is 0 Å². The molecule has 4 heteroatoms. The molecule has 1 aliphatic rings. The number of nitrogens with one attached hydrogen (secondary N) is 1. The summed E-state index contributed by atoms with van der Waals surface area (Å²) in [4.78, 5) is 14.0. The molecule has 1 saturated heterocycles. The first-order valence-electron chi connectivity index (χ1n) is 7.34. The molecule has 2 unspecified atom stereocenters. The molecule has 1 heterocycles. The maximum Gasteiger partial charge on any atom is 0.222 e. The summed E-state index contributed by atoms with van der Waals surface area (Å²) < 4.78 is 5.63. The highest BCUT2D eigenvalue weighted by atomic mass is 16.5. The van der Waals surface area contributed by atoms with Crippen molar-refractivity contribution in [2.45, 2.75) is 46.6 Å². The van der Waals surface area contributed by atoms with Gasteiger partial charge in [0.25, 0.3) is 0 Å². The minimum absolute atomic E-state index is 0.139. The molecule has 1 rings (SSSR count). The van der Waals surface area contributed by atoms with Crippen molar-refractivity contribution in [1.29, 1.82) is 0 Å². The zero-order valence-corrected chi connectivity index (χ0v) is 13.2. The Morgan fingerprint density at radius 3 is 2.68 bits per heavy atom. The molecule has 1 amide bonds. The first kappa shape index (κ1) is 16.4. The fourth-order valence-electron chi connectivity index (χ4n) is 2.72. The lowest BCUT2D eigenvalue weighted by Gasteiger charge is -2.29. The van der Waals surface area contributed by atoms with E-state index in [9.17, 15) is 4.79 Å². The van der Waals surface area contributed by atoms with Gasteiger partial charge in [-0.15, -0.1) is 0 Å². The van der Waals surface area contributed by atoms with Gasteiger partial charge in [0.2, 0.25) is 5.91 Å². The number of morpholine rings is 1. The summed E-state index contributed by atoms with van der Waals surface area (Å²) in [6.07, 6.45) is 1.85. The second-order valence-electron chi connectivity index (χ2n) is 7.05. The van der Waals surface area contributed by atoms with E-state index >= 15 is 0 Å². The van der Waals surface area contributed by atoms with E-state index in [4.69, 9.17) is 4.74 Å². The minimum Gasteiger partial charge on any atom is -0.374 e. The number of rotatable bonds is 5. The zero-order valence-electron chi connectivity index (χ0n) is 13.2. The number of carbonyl (C=O) groups excluding carboxylic acids is 1. The number of amides is 1. The van der Waals surface area contributed by atoms with Crippen LogP contribution < -0.4 is 5.32 Å². The van der Waals surface area contributed by atoms with Gasteiger partial charge >= 0.3 is 0 Å². The molecule has 0 bridgehead atoms. The molecule has 19 heavy (non-hydrogen) atoms. The number of nitrogens with zero attached hydrogens (tertiary/aromatic N) is 1. The van der Waals surface area contributed by atoms with Crippen molar-refractivity contribution >= 4 is 5.91 Å². The lowest BCUT2D eigenvalue weighted by molar-refractivity contribution is -0.133. The lowest BCUT2D eigenvalue weighted by atomic mass is 9.84. The van der Waals surface area contributed by atoms with Crippen molar-refractivity contribution in [1.82, 2.24) is 10.2 Å². The van der Waals surface area contributed by atoms with E-state index in [2.05, 4.69) is 33.0 Å². The van der Waals surface area contributed by atoms with Crippen molar-refractivity contribution in [2.24, 2.45) is 11.3 Å².